The molecule has 78 valence electrons. The molecular weight excluding hydrogens is 220 g/mol. The number of nitrogens with zero attached hydrogens (tertiary/aromatic N) is 2. The van der Waals surface area contributed by atoms with Crippen LogP contribution < -0.4 is 0 Å². The molecule has 0 bridgehead atoms. The van der Waals surface area contributed by atoms with E-state index in [1.165, 1.54) is 11.5 Å². The van der Waals surface area contributed by atoms with Crippen LogP contribution in [-0.2, 0) is 0 Å². The summed E-state index contributed by atoms with van der Waals surface area (Å²) in [4.78, 5) is 0. The van der Waals surface area contributed by atoms with E-state index in [9.17, 15) is 0 Å². The molecule has 2 aromatic heterocycles. The Labute approximate surface area is 96.5 Å². The molecular formula is C12H8N2OS. The third kappa shape index (κ3) is 1.63. The molecule has 16 heavy (non-hydrogen) atoms. The van der Waals surface area contributed by atoms with E-state index in [1.807, 2.05) is 41.8 Å². The maximum atomic E-state index is 5.32. The molecule has 0 aliphatic rings. The molecule has 4 heteroatoms. The molecule has 0 amide bonds. The zero-order valence-corrected chi connectivity index (χ0v) is 9.15. The van der Waals surface area contributed by atoms with Gasteiger partial charge >= 0.3 is 0 Å². The minimum absolute atomic E-state index is 0.878. The van der Waals surface area contributed by atoms with Crippen LogP contribution in [0.5, 0.6) is 0 Å². The van der Waals surface area contributed by atoms with Crippen molar-refractivity contribution in [3.05, 3.63) is 48.0 Å². The van der Waals surface area contributed by atoms with Gasteiger partial charge in [-0.25, -0.2) is 0 Å². The first-order valence-corrected chi connectivity index (χ1v) is 5.68. The van der Waals surface area contributed by atoms with Crippen LogP contribution in [0, 0.1) is 0 Å². The Balaban J connectivity index is 1.97. The highest BCUT2D eigenvalue weighted by molar-refractivity contribution is 7.03. The van der Waals surface area contributed by atoms with Crippen LogP contribution in [-0.4, -0.2) is 9.59 Å². The van der Waals surface area contributed by atoms with Crippen molar-refractivity contribution >= 4 is 11.5 Å². The summed E-state index contributed by atoms with van der Waals surface area (Å²) in [6.07, 6.45) is 1.67. The number of benzene rings is 1. The number of aromatic nitrogens is 2. The quantitative estimate of drug-likeness (QED) is 0.674. The van der Waals surface area contributed by atoms with Gasteiger partial charge in [0, 0.05) is 16.5 Å². The van der Waals surface area contributed by atoms with Gasteiger partial charge in [-0.1, -0.05) is 28.8 Å². The van der Waals surface area contributed by atoms with Gasteiger partial charge in [0.1, 0.15) is 11.5 Å². The highest BCUT2D eigenvalue weighted by Crippen LogP contribution is 2.24. The lowest BCUT2D eigenvalue weighted by atomic mass is 10.1. The molecule has 3 rings (SSSR count). The Hall–Kier alpha value is -1.94. The molecule has 2 heterocycles. The fourth-order valence-electron chi connectivity index (χ4n) is 1.54. The van der Waals surface area contributed by atoms with Crippen LogP contribution in [0.25, 0.3) is 22.6 Å². The number of rotatable bonds is 2. The molecule has 3 aromatic rings. The lowest BCUT2D eigenvalue weighted by Gasteiger charge is -1.98. The zero-order chi connectivity index (χ0) is 10.8. The smallest absolute Gasteiger partial charge is 0.133 e. The predicted molar refractivity (Wildman–Crippen MR) is 63.0 cm³/mol. The highest BCUT2D eigenvalue weighted by atomic mass is 32.1. The number of furan rings is 1. The van der Waals surface area contributed by atoms with Crippen LogP contribution in [0.2, 0.25) is 0 Å². The fraction of sp³-hybridized carbons (Fsp3) is 0. The lowest BCUT2D eigenvalue weighted by molar-refractivity contribution is 0.582. The molecule has 0 N–H and O–H groups in total. The van der Waals surface area contributed by atoms with Crippen molar-refractivity contribution in [1.82, 2.24) is 9.59 Å². The molecule has 0 unspecified atom stereocenters. The number of hydrogen-bond donors (Lipinski definition) is 0. The summed E-state index contributed by atoms with van der Waals surface area (Å²) < 4.78 is 9.17. The second-order valence-electron chi connectivity index (χ2n) is 3.34. The first kappa shape index (κ1) is 9.30. The monoisotopic (exact) mass is 228 g/mol. The molecule has 0 aliphatic carbocycles. The summed E-state index contributed by atoms with van der Waals surface area (Å²) in [5, 5.41) is 5.96. The summed E-state index contributed by atoms with van der Waals surface area (Å²) in [6, 6.07) is 11.9. The highest BCUT2D eigenvalue weighted by Gasteiger charge is 2.03. The normalized spacial score (nSPS) is 10.5. The van der Waals surface area contributed by atoms with Crippen molar-refractivity contribution in [2.24, 2.45) is 0 Å². The van der Waals surface area contributed by atoms with Crippen LogP contribution in [0.15, 0.2) is 52.5 Å². The van der Waals surface area contributed by atoms with E-state index in [2.05, 4.69) is 9.59 Å². The Bertz CT molecular complexity index is 502. The minimum atomic E-state index is 0.878. The van der Waals surface area contributed by atoms with E-state index >= 15 is 0 Å². The molecule has 0 aliphatic heterocycles. The second kappa shape index (κ2) is 3.90. The van der Waals surface area contributed by atoms with Gasteiger partial charge in [-0.15, -0.1) is 5.10 Å². The Morgan fingerprint density at radius 2 is 1.81 bits per heavy atom. The van der Waals surface area contributed by atoms with Crippen molar-refractivity contribution in [3.63, 3.8) is 0 Å². The van der Waals surface area contributed by atoms with E-state index in [-0.39, 0.29) is 0 Å². The average Bonchev–Trinajstić information content (AvgIpc) is 3.03. The Morgan fingerprint density at radius 1 is 1.00 bits per heavy atom. The van der Waals surface area contributed by atoms with E-state index < -0.39 is 0 Å². The van der Waals surface area contributed by atoms with E-state index in [0.717, 1.165) is 22.6 Å². The SMILES string of the molecule is c1coc(-c2ccc(-c3csnn3)cc2)c1. The molecule has 0 spiro atoms. The summed E-state index contributed by atoms with van der Waals surface area (Å²) in [7, 11) is 0. The van der Waals surface area contributed by atoms with Gasteiger partial charge < -0.3 is 4.42 Å². The van der Waals surface area contributed by atoms with Gasteiger partial charge in [0.15, 0.2) is 0 Å². The minimum Gasteiger partial charge on any atom is -0.464 e. The molecule has 3 nitrogen and oxygen atoms in total. The first-order valence-electron chi connectivity index (χ1n) is 4.85. The van der Waals surface area contributed by atoms with E-state index in [1.54, 1.807) is 6.26 Å². The van der Waals surface area contributed by atoms with Gasteiger partial charge in [-0.3, -0.25) is 0 Å². The Morgan fingerprint density at radius 3 is 2.44 bits per heavy atom. The van der Waals surface area contributed by atoms with Crippen molar-refractivity contribution in [2.75, 3.05) is 0 Å². The zero-order valence-electron chi connectivity index (χ0n) is 8.33. The Kier molecular flexibility index (Phi) is 2.27. The van der Waals surface area contributed by atoms with Crippen LogP contribution in [0.4, 0.5) is 0 Å². The van der Waals surface area contributed by atoms with Gasteiger partial charge in [-0.05, 0) is 23.7 Å². The van der Waals surface area contributed by atoms with Crippen LogP contribution in [0.1, 0.15) is 0 Å². The van der Waals surface area contributed by atoms with Crippen molar-refractivity contribution < 1.29 is 4.42 Å². The molecule has 0 atom stereocenters. The second-order valence-corrected chi connectivity index (χ2v) is 3.95. The van der Waals surface area contributed by atoms with E-state index in [0.29, 0.717) is 0 Å². The molecule has 1 aromatic carbocycles. The average molecular weight is 228 g/mol. The van der Waals surface area contributed by atoms with Crippen molar-refractivity contribution in [2.45, 2.75) is 0 Å². The maximum absolute atomic E-state index is 5.32. The van der Waals surface area contributed by atoms with Gasteiger partial charge in [-0.2, -0.15) is 0 Å². The van der Waals surface area contributed by atoms with Gasteiger partial charge in [0.05, 0.1) is 6.26 Å². The van der Waals surface area contributed by atoms with Crippen LogP contribution >= 0.6 is 11.5 Å². The summed E-state index contributed by atoms with van der Waals surface area (Å²) >= 11 is 1.36. The molecule has 0 fully saturated rings. The third-order valence-electron chi connectivity index (χ3n) is 2.35. The molecule has 0 saturated heterocycles. The number of hydrogen-bond acceptors (Lipinski definition) is 4. The maximum Gasteiger partial charge on any atom is 0.133 e. The van der Waals surface area contributed by atoms with Crippen LogP contribution in [0.3, 0.4) is 0 Å². The standard InChI is InChI=1S/C12H8N2OS/c1-2-12(15-7-1)10-5-3-9(4-6-10)11-8-16-14-13-11/h1-8H. The van der Waals surface area contributed by atoms with E-state index in [4.69, 9.17) is 4.42 Å². The topological polar surface area (TPSA) is 38.9 Å². The third-order valence-corrected chi connectivity index (χ3v) is 2.85. The fourth-order valence-corrected chi connectivity index (χ4v) is 2.00. The summed E-state index contributed by atoms with van der Waals surface area (Å²) in [5.74, 6) is 0.878. The van der Waals surface area contributed by atoms with Gasteiger partial charge in [0.25, 0.3) is 0 Å². The lowest BCUT2D eigenvalue weighted by Crippen LogP contribution is -1.79. The molecule has 0 radical (unpaired) electrons. The van der Waals surface area contributed by atoms with Crippen molar-refractivity contribution in [3.8, 4) is 22.6 Å². The largest absolute Gasteiger partial charge is 0.464 e. The van der Waals surface area contributed by atoms with Crippen molar-refractivity contribution in [1.29, 1.82) is 0 Å². The summed E-state index contributed by atoms with van der Waals surface area (Å²) in [5.41, 5.74) is 3.05. The summed E-state index contributed by atoms with van der Waals surface area (Å²) in [6.45, 7) is 0. The first-order chi connectivity index (χ1) is 7.93. The molecule has 0 saturated carbocycles. The van der Waals surface area contributed by atoms with Gasteiger partial charge in [0.2, 0.25) is 0 Å². The predicted octanol–water partition coefficient (Wildman–Crippen LogP) is 3.47.